The number of carbonyl (C=O) groups excluding carboxylic acids is 2. The summed E-state index contributed by atoms with van der Waals surface area (Å²) in [6, 6.07) is 17.0. The number of nitrogens with one attached hydrogen (secondary N) is 1. The van der Waals surface area contributed by atoms with Crippen LogP contribution in [0.2, 0.25) is 10.0 Å². The predicted molar refractivity (Wildman–Crippen MR) is 159 cm³/mol. The van der Waals surface area contributed by atoms with E-state index < -0.39 is 17.9 Å². The Balaban J connectivity index is 1.56. The highest BCUT2D eigenvalue weighted by Crippen LogP contribution is 2.38. The second kappa shape index (κ2) is 13.0. The maximum absolute atomic E-state index is 13.9. The van der Waals surface area contributed by atoms with E-state index in [-0.39, 0.29) is 29.6 Å². The molecule has 3 aromatic carbocycles. The number of ether oxygens (including phenoxy) is 1. The normalized spacial score (nSPS) is 15.4. The van der Waals surface area contributed by atoms with Crippen LogP contribution < -0.4 is 5.32 Å². The van der Waals surface area contributed by atoms with Crippen LogP contribution in [0.15, 0.2) is 66.7 Å². The van der Waals surface area contributed by atoms with E-state index in [9.17, 15) is 19.1 Å². The Bertz CT molecular complexity index is 1590. The lowest BCUT2D eigenvalue weighted by molar-refractivity contribution is -0.142. The second-order valence-corrected chi connectivity index (χ2v) is 11.3. The van der Waals surface area contributed by atoms with Gasteiger partial charge in [-0.25, -0.2) is 13.9 Å². The van der Waals surface area contributed by atoms with Crippen LogP contribution in [0.5, 0.6) is 5.75 Å². The van der Waals surface area contributed by atoms with Gasteiger partial charge in [-0.15, -0.1) is 0 Å². The zero-order chi connectivity index (χ0) is 29.8. The van der Waals surface area contributed by atoms with E-state index in [2.05, 4.69) is 5.32 Å². The largest absolute Gasteiger partial charge is 0.508 e. The van der Waals surface area contributed by atoms with E-state index in [0.717, 1.165) is 41.6 Å². The van der Waals surface area contributed by atoms with E-state index in [1.54, 1.807) is 47.1 Å². The number of aromatic nitrogens is 2. The van der Waals surface area contributed by atoms with Crippen molar-refractivity contribution in [3.05, 3.63) is 111 Å². The molecule has 0 radical (unpaired) electrons. The van der Waals surface area contributed by atoms with Crippen molar-refractivity contribution in [2.75, 3.05) is 7.11 Å². The summed E-state index contributed by atoms with van der Waals surface area (Å²) in [5.41, 5.74) is 4.14. The van der Waals surface area contributed by atoms with Crippen LogP contribution in [0.1, 0.15) is 58.1 Å². The van der Waals surface area contributed by atoms with Crippen molar-refractivity contribution in [1.82, 2.24) is 15.1 Å². The van der Waals surface area contributed by atoms with E-state index >= 15 is 0 Å². The van der Waals surface area contributed by atoms with Crippen molar-refractivity contribution >= 4 is 35.1 Å². The summed E-state index contributed by atoms with van der Waals surface area (Å²) in [5.74, 6) is -1.34. The maximum atomic E-state index is 13.9. The highest BCUT2D eigenvalue weighted by Gasteiger charge is 2.33. The number of halogens is 3. The van der Waals surface area contributed by atoms with Gasteiger partial charge in [-0.1, -0.05) is 53.9 Å². The van der Waals surface area contributed by atoms with Gasteiger partial charge in [0.15, 0.2) is 5.69 Å². The molecule has 0 aliphatic heterocycles. The molecule has 1 aliphatic carbocycles. The summed E-state index contributed by atoms with van der Waals surface area (Å²) in [6.45, 7) is 0. The van der Waals surface area contributed by atoms with Gasteiger partial charge in [0.05, 0.1) is 23.5 Å². The molecule has 1 aliphatic rings. The molecule has 218 valence electrons. The van der Waals surface area contributed by atoms with Gasteiger partial charge in [0.25, 0.3) is 5.91 Å². The van der Waals surface area contributed by atoms with E-state index in [0.29, 0.717) is 28.6 Å². The average molecular weight is 611 g/mol. The predicted octanol–water partition coefficient (Wildman–Crippen LogP) is 6.59. The van der Waals surface area contributed by atoms with Crippen LogP contribution in [0.4, 0.5) is 4.39 Å². The number of hydrogen-bond donors (Lipinski definition) is 2. The summed E-state index contributed by atoms with van der Waals surface area (Å²) in [7, 11) is 1.27. The third kappa shape index (κ3) is 6.61. The van der Waals surface area contributed by atoms with Gasteiger partial charge in [-0.2, -0.15) is 5.10 Å². The van der Waals surface area contributed by atoms with Gasteiger partial charge >= 0.3 is 5.97 Å². The number of phenolic OH excluding ortho intramolecular Hbond substituents is 1. The highest BCUT2D eigenvalue weighted by atomic mass is 35.5. The lowest BCUT2D eigenvalue weighted by atomic mass is 9.90. The zero-order valence-corrected chi connectivity index (χ0v) is 24.5. The number of aromatic hydroxyl groups is 1. The third-order valence-corrected chi connectivity index (χ3v) is 8.09. The first kappa shape index (κ1) is 29.6. The van der Waals surface area contributed by atoms with Gasteiger partial charge in [-0.05, 0) is 79.3 Å². The van der Waals surface area contributed by atoms with Gasteiger partial charge in [0.2, 0.25) is 0 Å². The van der Waals surface area contributed by atoms with Crippen molar-refractivity contribution in [2.24, 2.45) is 0 Å². The Kier molecular flexibility index (Phi) is 9.14. The number of hydrogen-bond acceptors (Lipinski definition) is 5. The molecule has 0 saturated carbocycles. The molecule has 0 bridgehead atoms. The Hall–Kier alpha value is -3.88. The van der Waals surface area contributed by atoms with Crippen LogP contribution in [-0.4, -0.2) is 39.9 Å². The summed E-state index contributed by atoms with van der Waals surface area (Å²) >= 11 is 12.8. The first-order valence-electron chi connectivity index (χ1n) is 13.7. The summed E-state index contributed by atoms with van der Waals surface area (Å²) in [6.07, 6.45) is 4.02. The number of rotatable bonds is 8. The van der Waals surface area contributed by atoms with Gasteiger partial charge < -0.3 is 15.2 Å². The lowest BCUT2D eigenvalue weighted by Gasteiger charge is -2.19. The fraction of sp³-hybridized carbons (Fsp3) is 0.281. The van der Waals surface area contributed by atoms with Gasteiger partial charge in [-0.3, -0.25) is 4.79 Å². The molecule has 5 rings (SSSR count). The number of amides is 1. The minimum atomic E-state index is -0.979. The molecule has 0 saturated heterocycles. The van der Waals surface area contributed by atoms with Crippen molar-refractivity contribution in [3.8, 4) is 11.4 Å². The molecule has 2 atom stereocenters. The van der Waals surface area contributed by atoms with Crippen LogP contribution in [0.25, 0.3) is 5.69 Å². The van der Waals surface area contributed by atoms with Crippen LogP contribution in [-0.2, 0) is 28.8 Å². The topological polar surface area (TPSA) is 93.4 Å². The minimum absolute atomic E-state index is 0.0258. The molecular formula is C32H30Cl2FN3O4. The molecule has 1 aromatic heterocycles. The summed E-state index contributed by atoms with van der Waals surface area (Å²) in [4.78, 5) is 26.6. The Labute approximate surface area is 253 Å². The van der Waals surface area contributed by atoms with Crippen molar-refractivity contribution in [1.29, 1.82) is 0 Å². The smallest absolute Gasteiger partial charge is 0.328 e. The van der Waals surface area contributed by atoms with Crippen molar-refractivity contribution in [2.45, 2.75) is 50.5 Å². The molecule has 0 fully saturated rings. The number of fused-ring (bicyclic) bond motifs is 1. The monoisotopic (exact) mass is 609 g/mol. The standard InChI is InChI=1S/C32H30Cl2FN3O4/c1-42-32(41)27(17-20-8-13-24(39)14-9-20)36-31(40)29-25-5-3-2-4-21(16-19-6-11-23(35)12-7-19)30(25)38(37-29)28-15-10-22(33)18-26(28)34/h6-15,18,21,27,39H,2-5,16-17H2,1H3,(H,36,40)/t21?,27-/m1/s1. The van der Waals surface area contributed by atoms with Crippen LogP contribution in [0, 0.1) is 5.82 Å². The fourth-order valence-corrected chi connectivity index (χ4v) is 6.00. The molecule has 0 spiro atoms. The molecule has 2 N–H and O–H groups in total. The molecule has 1 amide bonds. The van der Waals surface area contributed by atoms with Crippen LogP contribution in [0.3, 0.4) is 0 Å². The molecule has 42 heavy (non-hydrogen) atoms. The van der Waals surface area contributed by atoms with Crippen molar-refractivity contribution < 1.29 is 23.8 Å². The van der Waals surface area contributed by atoms with E-state index in [1.165, 1.54) is 31.4 Å². The number of carbonyl (C=O) groups is 2. The average Bonchev–Trinajstić information content (AvgIpc) is 3.22. The van der Waals surface area contributed by atoms with E-state index in [4.69, 9.17) is 33.0 Å². The Morgan fingerprint density at radius 1 is 1.07 bits per heavy atom. The van der Waals surface area contributed by atoms with Crippen molar-refractivity contribution in [3.63, 3.8) is 0 Å². The Morgan fingerprint density at radius 3 is 2.48 bits per heavy atom. The second-order valence-electron chi connectivity index (χ2n) is 10.4. The molecule has 7 nitrogen and oxygen atoms in total. The van der Waals surface area contributed by atoms with Crippen LogP contribution >= 0.6 is 23.2 Å². The number of nitrogens with zero attached hydrogens (tertiary/aromatic N) is 2. The Morgan fingerprint density at radius 2 is 1.79 bits per heavy atom. The van der Waals surface area contributed by atoms with Gasteiger partial charge in [0, 0.05) is 22.9 Å². The number of phenols is 1. The molecular weight excluding hydrogens is 580 g/mol. The third-order valence-electron chi connectivity index (χ3n) is 7.55. The molecule has 1 heterocycles. The fourth-order valence-electron chi connectivity index (χ4n) is 5.51. The molecule has 1 unspecified atom stereocenters. The first-order valence-corrected chi connectivity index (χ1v) is 14.5. The van der Waals surface area contributed by atoms with Gasteiger partial charge in [0.1, 0.15) is 17.6 Å². The number of benzene rings is 3. The zero-order valence-electron chi connectivity index (χ0n) is 22.9. The quantitative estimate of drug-likeness (QED) is 0.174. The lowest BCUT2D eigenvalue weighted by Crippen LogP contribution is -2.43. The number of methoxy groups -OCH3 is 1. The molecule has 4 aromatic rings. The maximum Gasteiger partial charge on any atom is 0.328 e. The summed E-state index contributed by atoms with van der Waals surface area (Å²) in [5, 5.41) is 18.1. The van der Waals surface area contributed by atoms with E-state index in [1.807, 2.05) is 0 Å². The molecule has 10 heteroatoms. The SMILES string of the molecule is COC(=O)[C@@H](Cc1ccc(O)cc1)NC(=O)c1nn(-c2ccc(Cl)cc2Cl)c2c1CCCCC2Cc1ccc(F)cc1. The minimum Gasteiger partial charge on any atom is -0.508 e. The summed E-state index contributed by atoms with van der Waals surface area (Å²) < 4.78 is 20.3. The number of esters is 1. The first-order chi connectivity index (χ1) is 20.2. The highest BCUT2D eigenvalue weighted by molar-refractivity contribution is 6.35.